The Balaban J connectivity index is 1.44. The number of methoxy groups -OCH3 is 1. The second kappa shape index (κ2) is 10.3. The highest BCUT2D eigenvalue weighted by Crippen LogP contribution is 2.39. The molecule has 0 saturated carbocycles. The van der Waals surface area contributed by atoms with Crippen molar-refractivity contribution in [2.24, 2.45) is 0 Å². The number of nitriles is 1. The second-order valence-electron chi connectivity index (χ2n) is 8.09. The first-order valence-electron chi connectivity index (χ1n) is 11.2. The van der Waals surface area contributed by atoms with Crippen LogP contribution < -0.4 is 29.2 Å². The van der Waals surface area contributed by atoms with Crippen LogP contribution in [0.4, 0.5) is 10.5 Å². The molecule has 0 unspecified atom stereocenters. The van der Waals surface area contributed by atoms with Crippen LogP contribution in [0.1, 0.15) is 16.7 Å². The predicted molar refractivity (Wildman–Crippen MR) is 138 cm³/mol. The van der Waals surface area contributed by atoms with E-state index in [1.54, 1.807) is 36.4 Å². The van der Waals surface area contributed by atoms with Crippen molar-refractivity contribution in [1.29, 1.82) is 5.26 Å². The zero-order valence-electron chi connectivity index (χ0n) is 19.8. The van der Waals surface area contributed by atoms with Gasteiger partial charge in [-0.25, -0.2) is 9.69 Å². The number of fused-ring (bicyclic) bond motifs is 1. The van der Waals surface area contributed by atoms with Crippen molar-refractivity contribution in [3.8, 4) is 29.1 Å². The number of hydrogen-bond donors (Lipinski definition) is 1. The molecule has 2 aliphatic rings. The van der Waals surface area contributed by atoms with Gasteiger partial charge in [0.2, 0.25) is 6.79 Å². The van der Waals surface area contributed by atoms with Gasteiger partial charge in [0.15, 0.2) is 23.0 Å². The Morgan fingerprint density at radius 3 is 2.68 bits per heavy atom. The van der Waals surface area contributed by atoms with Gasteiger partial charge < -0.3 is 18.9 Å². The smallest absolute Gasteiger partial charge is 0.335 e. The topological polar surface area (TPSA) is 127 Å². The van der Waals surface area contributed by atoms with Crippen molar-refractivity contribution >= 4 is 45.5 Å². The first-order chi connectivity index (χ1) is 18.4. The van der Waals surface area contributed by atoms with Crippen LogP contribution in [0, 0.1) is 11.3 Å². The number of ether oxygens (including phenoxy) is 4. The third-order valence-electron chi connectivity index (χ3n) is 5.79. The summed E-state index contributed by atoms with van der Waals surface area (Å²) in [6, 6.07) is 16.1. The number of anilines is 1. The summed E-state index contributed by atoms with van der Waals surface area (Å²) in [5.74, 6) is -0.0679. The third kappa shape index (κ3) is 4.65. The van der Waals surface area contributed by atoms with Gasteiger partial charge in [-0.05, 0) is 57.9 Å². The summed E-state index contributed by atoms with van der Waals surface area (Å²) in [7, 11) is 1.45. The number of hydrogen-bond acceptors (Lipinski definition) is 8. The maximum absolute atomic E-state index is 13.3. The molecule has 5 rings (SSSR count). The van der Waals surface area contributed by atoms with E-state index < -0.39 is 17.8 Å². The van der Waals surface area contributed by atoms with Crippen molar-refractivity contribution in [2.45, 2.75) is 6.61 Å². The van der Waals surface area contributed by atoms with E-state index >= 15 is 0 Å². The lowest BCUT2D eigenvalue weighted by molar-refractivity contribution is -0.122. The highest BCUT2D eigenvalue weighted by atomic mass is 79.9. The van der Waals surface area contributed by atoms with Crippen molar-refractivity contribution < 1.29 is 33.3 Å². The van der Waals surface area contributed by atoms with Gasteiger partial charge in [-0.1, -0.05) is 18.2 Å². The number of halogens is 1. The summed E-state index contributed by atoms with van der Waals surface area (Å²) in [6.07, 6.45) is 1.35. The molecule has 0 radical (unpaired) electrons. The van der Waals surface area contributed by atoms with Gasteiger partial charge in [-0.3, -0.25) is 14.9 Å². The minimum Gasteiger partial charge on any atom is -0.493 e. The van der Waals surface area contributed by atoms with Crippen molar-refractivity contribution in [3.05, 3.63) is 81.3 Å². The van der Waals surface area contributed by atoms with Crippen LogP contribution in [0.25, 0.3) is 6.08 Å². The lowest BCUT2D eigenvalue weighted by Crippen LogP contribution is -2.54. The standard InChI is InChI=1S/C27H18BrN3O7/c1-35-23-10-15(9-20(28)24(23)36-13-17-5-3-2-4-16(17)12-29)8-19-25(32)30-27(34)31(26(19)33)18-6-7-21-22(11-18)38-14-37-21/h2-11H,13-14H2,1H3,(H,30,32,34)/b19-8+. The van der Waals surface area contributed by atoms with Crippen LogP contribution in [-0.4, -0.2) is 31.7 Å². The largest absolute Gasteiger partial charge is 0.493 e. The van der Waals surface area contributed by atoms with Gasteiger partial charge in [0.05, 0.1) is 28.9 Å². The molecule has 0 aromatic heterocycles. The van der Waals surface area contributed by atoms with Gasteiger partial charge in [0.1, 0.15) is 12.2 Å². The summed E-state index contributed by atoms with van der Waals surface area (Å²) in [4.78, 5) is 39.3. The molecule has 190 valence electrons. The minimum absolute atomic E-state index is 0.0316. The molecule has 3 aromatic carbocycles. The summed E-state index contributed by atoms with van der Waals surface area (Å²) < 4.78 is 22.5. The third-order valence-corrected chi connectivity index (χ3v) is 6.38. The molecule has 1 saturated heterocycles. The molecule has 38 heavy (non-hydrogen) atoms. The number of amides is 4. The van der Waals surface area contributed by atoms with E-state index in [1.165, 1.54) is 25.3 Å². The van der Waals surface area contributed by atoms with Crippen molar-refractivity contribution in [3.63, 3.8) is 0 Å². The van der Waals surface area contributed by atoms with E-state index in [2.05, 4.69) is 27.3 Å². The number of barbiturate groups is 1. The van der Waals surface area contributed by atoms with Crippen LogP contribution in [0.15, 0.2) is 64.6 Å². The van der Waals surface area contributed by atoms with Crippen molar-refractivity contribution in [1.82, 2.24) is 5.32 Å². The molecule has 0 spiro atoms. The normalized spacial score (nSPS) is 15.3. The van der Waals surface area contributed by atoms with Gasteiger partial charge >= 0.3 is 6.03 Å². The Morgan fingerprint density at radius 1 is 1.11 bits per heavy atom. The zero-order valence-corrected chi connectivity index (χ0v) is 21.4. The highest BCUT2D eigenvalue weighted by Gasteiger charge is 2.37. The molecular formula is C27H18BrN3O7. The fraction of sp³-hybridized carbons (Fsp3) is 0.111. The zero-order chi connectivity index (χ0) is 26.8. The van der Waals surface area contributed by atoms with Crippen LogP contribution in [0.2, 0.25) is 0 Å². The number of urea groups is 1. The lowest BCUT2D eigenvalue weighted by atomic mass is 10.1. The van der Waals surface area contributed by atoms with Gasteiger partial charge in [0.25, 0.3) is 11.8 Å². The Kier molecular flexibility index (Phi) is 6.72. The molecule has 1 fully saturated rings. The average Bonchev–Trinajstić information content (AvgIpc) is 3.38. The van der Waals surface area contributed by atoms with Crippen LogP contribution in [0.5, 0.6) is 23.0 Å². The van der Waals surface area contributed by atoms with Crippen molar-refractivity contribution in [2.75, 3.05) is 18.8 Å². The molecule has 2 aliphatic heterocycles. The van der Waals surface area contributed by atoms with Gasteiger partial charge in [-0.15, -0.1) is 0 Å². The maximum Gasteiger partial charge on any atom is 0.335 e. The van der Waals surface area contributed by atoms with Crippen LogP contribution >= 0.6 is 15.9 Å². The molecule has 10 nitrogen and oxygen atoms in total. The lowest BCUT2D eigenvalue weighted by Gasteiger charge is -2.26. The Labute approximate surface area is 225 Å². The fourth-order valence-electron chi connectivity index (χ4n) is 3.95. The molecule has 4 amide bonds. The minimum atomic E-state index is -0.879. The summed E-state index contributed by atoms with van der Waals surface area (Å²) in [5, 5.41) is 11.5. The SMILES string of the molecule is COc1cc(/C=C2\C(=O)NC(=O)N(c3ccc4c(c3)OCO4)C2=O)cc(Br)c1OCc1ccccc1C#N. The first kappa shape index (κ1) is 24.9. The average molecular weight is 576 g/mol. The summed E-state index contributed by atoms with van der Waals surface area (Å²) in [6.45, 7) is 0.149. The van der Waals surface area contributed by atoms with E-state index in [4.69, 9.17) is 18.9 Å². The summed E-state index contributed by atoms with van der Waals surface area (Å²) >= 11 is 3.45. The number of imide groups is 2. The van der Waals surface area contributed by atoms with Crippen LogP contribution in [0.3, 0.4) is 0 Å². The Hall–Kier alpha value is -4.82. The Morgan fingerprint density at radius 2 is 1.89 bits per heavy atom. The molecule has 0 aliphatic carbocycles. The number of benzene rings is 3. The number of carbonyl (C=O) groups excluding carboxylic acids is 3. The quantitative estimate of drug-likeness (QED) is 0.340. The first-order valence-corrected chi connectivity index (χ1v) is 12.0. The predicted octanol–water partition coefficient (Wildman–Crippen LogP) is 4.30. The molecule has 1 N–H and O–H groups in total. The number of nitrogens with one attached hydrogen (secondary N) is 1. The van der Waals surface area contributed by atoms with Crippen LogP contribution in [-0.2, 0) is 16.2 Å². The fourth-order valence-corrected chi connectivity index (χ4v) is 4.53. The molecule has 0 bridgehead atoms. The van der Waals surface area contributed by atoms with E-state index in [9.17, 15) is 19.6 Å². The molecular weight excluding hydrogens is 558 g/mol. The second-order valence-corrected chi connectivity index (χ2v) is 8.94. The molecule has 11 heteroatoms. The number of rotatable bonds is 6. The molecule has 0 atom stereocenters. The number of carbonyl (C=O) groups is 3. The van der Waals surface area contributed by atoms with E-state index in [-0.39, 0.29) is 24.7 Å². The molecule has 2 heterocycles. The summed E-state index contributed by atoms with van der Waals surface area (Å²) in [5.41, 5.74) is 1.60. The van der Waals surface area contributed by atoms with Gasteiger partial charge in [-0.2, -0.15) is 5.26 Å². The van der Waals surface area contributed by atoms with Gasteiger partial charge in [0, 0.05) is 11.6 Å². The van der Waals surface area contributed by atoms with E-state index in [0.717, 1.165) is 4.90 Å². The van der Waals surface area contributed by atoms with E-state index in [0.29, 0.717) is 44.2 Å². The van der Waals surface area contributed by atoms with E-state index in [1.807, 2.05) is 6.07 Å². The monoisotopic (exact) mass is 575 g/mol. The maximum atomic E-state index is 13.3. The Bertz CT molecular complexity index is 1560. The molecule has 3 aromatic rings. The number of nitrogens with zero attached hydrogens (tertiary/aromatic N) is 2. The highest BCUT2D eigenvalue weighted by molar-refractivity contribution is 9.10.